The summed E-state index contributed by atoms with van der Waals surface area (Å²) in [5, 5.41) is 9.29. The van der Waals surface area contributed by atoms with Crippen LogP contribution in [-0.2, 0) is 6.18 Å². The molecule has 2 aromatic heterocycles. The molecule has 0 aliphatic heterocycles. The summed E-state index contributed by atoms with van der Waals surface area (Å²) in [7, 11) is 0. The quantitative estimate of drug-likeness (QED) is 0.858. The Balaban J connectivity index is 2.75. The van der Waals surface area contributed by atoms with Gasteiger partial charge < -0.3 is 9.52 Å². The Morgan fingerprint density at radius 2 is 2.12 bits per heavy atom. The van der Waals surface area contributed by atoms with Crippen molar-refractivity contribution >= 4 is 22.7 Å². The van der Waals surface area contributed by atoms with Crippen molar-refractivity contribution in [3.63, 3.8) is 0 Å². The van der Waals surface area contributed by atoms with E-state index in [1.807, 2.05) is 0 Å². The van der Waals surface area contributed by atoms with Crippen LogP contribution in [0.3, 0.4) is 0 Å². The molecule has 0 saturated heterocycles. The molecule has 2 aromatic rings. The maximum atomic E-state index is 12.6. The Labute approximate surface area is 98.8 Å². The molecule has 17 heavy (non-hydrogen) atoms. The lowest BCUT2D eigenvalue weighted by Crippen LogP contribution is -2.05. The van der Waals surface area contributed by atoms with E-state index in [9.17, 15) is 18.3 Å². The van der Waals surface area contributed by atoms with Gasteiger partial charge in [0.15, 0.2) is 5.58 Å². The Hall–Kier alpha value is -1.27. The van der Waals surface area contributed by atoms with Crippen molar-refractivity contribution in [2.24, 2.45) is 0 Å². The number of fused-ring (bicyclic) bond motifs is 1. The lowest BCUT2D eigenvalue weighted by molar-refractivity contribution is -0.136. The molecule has 92 valence electrons. The maximum absolute atomic E-state index is 12.6. The maximum Gasteiger partial charge on any atom is 0.421 e. The molecule has 0 aromatic carbocycles. The molecule has 0 spiro atoms. The molecule has 0 aliphatic rings. The summed E-state index contributed by atoms with van der Waals surface area (Å²) in [6, 6.07) is 1.28. The van der Waals surface area contributed by atoms with Crippen LogP contribution in [0.4, 0.5) is 13.2 Å². The highest BCUT2D eigenvalue weighted by Crippen LogP contribution is 2.38. The summed E-state index contributed by atoms with van der Waals surface area (Å²) < 4.78 is 42.6. The zero-order chi connectivity index (χ0) is 12.8. The molecule has 0 saturated carbocycles. The van der Waals surface area contributed by atoms with Crippen molar-refractivity contribution in [3.05, 3.63) is 28.6 Å². The van der Waals surface area contributed by atoms with E-state index in [0.29, 0.717) is 6.26 Å². The number of alkyl halides is 3. The second-order valence-electron chi connectivity index (χ2n) is 3.53. The number of halogens is 4. The zero-order valence-corrected chi connectivity index (χ0v) is 9.30. The van der Waals surface area contributed by atoms with Crippen molar-refractivity contribution in [1.82, 2.24) is 4.98 Å². The Bertz CT molecular complexity index is 562. The summed E-state index contributed by atoms with van der Waals surface area (Å²) >= 11 is 5.76. The molecule has 2 heterocycles. The molecule has 0 radical (unpaired) electrons. The molecule has 1 atom stereocenters. The van der Waals surface area contributed by atoms with Crippen molar-refractivity contribution in [2.45, 2.75) is 19.2 Å². The molecule has 0 aliphatic carbocycles. The summed E-state index contributed by atoms with van der Waals surface area (Å²) in [5.41, 5.74) is -1.46. The van der Waals surface area contributed by atoms with Crippen molar-refractivity contribution in [3.8, 4) is 0 Å². The molecule has 1 N–H and O–H groups in total. The van der Waals surface area contributed by atoms with Gasteiger partial charge in [0, 0.05) is 0 Å². The van der Waals surface area contributed by atoms with Crippen LogP contribution in [-0.4, -0.2) is 10.1 Å². The number of aliphatic hydroxyl groups excluding tert-OH is 1. The minimum absolute atomic E-state index is 0.0126. The second-order valence-corrected chi connectivity index (χ2v) is 3.94. The van der Waals surface area contributed by atoms with Gasteiger partial charge in [0.2, 0.25) is 0 Å². The first-order chi connectivity index (χ1) is 7.80. The predicted molar refractivity (Wildman–Crippen MR) is 54.7 cm³/mol. The third-order valence-corrected chi connectivity index (χ3v) is 2.51. The van der Waals surface area contributed by atoms with Crippen LogP contribution in [0, 0.1) is 0 Å². The van der Waals surface area contributed by atoms with E-state index < -0.39 is 17.8 Å². The minimum Gasteiger partial charge on any atom is -0.460 e. The SMILES string of the molecule is CC(O)c1cc(Cl)c2occ(C(F)(F)F)c2n1. The van der Waals surface area contributed by atoms with E-state index in [0.717, 1.165) is 0 Å². The lowest BCUT2D eigenvalue weighted by atomic mass is 10.2. The van der Waals surface area contributed by atoms with Crippen LogP contribution in [0.2, 0.25) is 5.02 Å². The van der Waals surface area contributed by atoms with Crippen molar-refractivity contribution < 1.29 is 22.7 Å². The van der Waals surface area contributed by atoms with E-state index >= 15 is 0 Å². The van der Waals surface area contributed by atoms with Gasteiger partial charge in [-0.05, 0) is 13.0 Å². The van der Waals surface area contributed by atoms with Crippen molar-refractivity contribution in [1.29, 1.82) is 0 Å². The highest BCUT2D eigenvalue weighted by Gasteiger charge is 2.36. The van der Waals surface area contributed by atoms with Gasteiger partial charge in [0.1, 0.15) is 17.3 Å². The second kappa shape index (κ2) is 3.89. The average Bonchev–Trinajstić information content (AvgIpc) is 2.60. The smallest absolute Gasteiger partial charge is 0.421 e. The first-order valence-corrected chi connectivity index (χ1v) is 5.01. The molecule has 2 rings (SSSR count). The van der Waals surface area contributed by atoms with Gasteiger partial charge in [-0.2, -0.15) is 13.2 Å². The molecule has 3 nitrogen and oxygen atoms in total. The highest BCUT2D eigenvalue weighted by molar-refractivity contribution is 6.34. The fourth-order valence-corrected chi connectivity index (χ4v) is 1.65. The standard InChI is InChI=1S/C10H7ClF3NO2/c1-4(16)7-2-6(11)9-8(15-7)5(3-17-9)10(12,13)14/h2-4,16H,1H3. The van der Waals surface area contributed by atoms with E-state index in [1.54, 1.807) is 0 Å². The van der Waals surface area contributed by atoms with Crippen LogP contribution >= 0.6 is 11.6 Å². The number of aliphatic hydroxyl groups is 1. The third-order valence-electron chi connectivity index (χ3n) is 2.23. The largest absolute Gasteiger partial charge is 0.460 e. The molecular weight excluding hydrogens is 259 g/mol. The fourth-order valence-electron chi connectivity index (χ4n) is 1.40. The number of rotatable bonds is 1. The summed E-state index contributed by atoms with van der Waals surface area (Å²) in [6.45, 7) is 1.39. The fraction of sp³-hybridized carbons (Fsp3) is 0.300. The number of hydrogen-bond acceptors (Lipinski definition) is 3. The normalized spacial score (nSPS) is 14.2. The molecule has 0 fully saturated rings. The third kappa shape index (κ3) is 2.10. The number of aromatic nitrogens is 1. The average molecular weight is 266 g/mol. The van der Waals surface area contributed by atoms with Gasteiger partial charge in [-0.3, -0.25) is 0 Å². The van der Waals surface area contributed by atoms with Gasteiger partial charge in [0.25, 0.3) is 0 Å². The van der Waals surface area contributed by atoms with E-state index in [1.165, 1.54) is 13.0 Å². The minimum atomic E-state index is -4.57. The molecule has 0 amide bonds. The number of pyridine rings is 1. The lowest BCUT2D eigenvalue weighted by Gasteiger charge is -2.06. The predicted octanol–water partition coefficient (Wildman–Crippen LogP) is 3.55. The molecular formula is C10H7ClF3NO2. The van der Waals surface area contributed by atoms with Gasteiger partial charge in [-0.1, -0.05) is 11.6 Å². The van der Waals surface area contributed by atoms with Gasteiger partial charge in [-0.25, -0.2) is 4.98 Å². The zero-order valence-electron chi connectivity index (χ0n) is 8.55. The van der Waals surface area contributed by atoms with E-state index in [-0.39, 0.29) is 21.8 Å². The van der Waals surface area contributed by atoms with Crippen molar-refractivity contribution in [2.75, 3.05) is 0 Å². The van der Waals surface area contributed by atoms with Gasteiger partial charge in [0.05, 0.1) is 16.8 Å². The van der Waals surface area contributed by atoms with E-state index in [2.05, 4.69) is 4.98 Å². The Morgan fingerprint density at radius 1 is 1.47 bits per heavy atom. The summed E-state index contributed by atoms with van der Waals surface area (Å²) in [5.74, 6) is 0. The molecule has 0 bridgehead atoms. The number of furan rings is 1. The first kappa shape index (κ1) is 12.2. The first-order valence-electron chi connectivity index (χ1n) is 4.63. The van der Waals surface area contributed by atoms with Crippen LogP contribution in [0.1, 0.15) is 24.3 Å². The highest BCUT2D eigenvalue weighted by atomic mass is 35.5. The Morgan fingerprint density at radius 3 is 2.65 bits per heavy atom. The van der Waals surface area contributed by atoms with Crippen LogP contribution in [0.5, 0.6) is 0 Å². The van der Waals surface area contributed by atoms with E-state index in [4.69, 9.17) is 16.0 Å². The van der Waals surface area contributed by atoms with Gasteiger partial charge >= 0.3 is 6.18 Å². The van der Waals surface area contributed by atoms with Gasteiger partial charge in [-0.15, -0.1) is 0 Å². The topological polar surface area (TPSA) is 46.3 Å². The molecule has 7 heteroatoms. The number of nitrogens with zero attached hydrogens (tertiary/aromatic N) is 1. The Kier molecular flexibility index (Phi) is 2.79. The van der Waals surface area contributed by atoms with Crippen LogP contribution < -0.4 is 0 Å². The monoisotopic (exact) mass is 265 g/mol. The summed E-state index contributed by atoms with van der Waals surface area (Å²) in [6.07, 6.45) is -5.01. The summed E-state index contributed by atoms with van der Waals surface area (Å²) in [4.78, 5) is 3.71. The molecule has 1 unspecified atom stereocenters. The number of hydrogen-bond donors (Lipinski definition) is 1. The van der Waals surface area contributed by atoms with Crippen LogP contribution in [0.15, 0.2) is 16.7 Å². The van der Waals surface area contributed by atoms with Crippen LogP contribution in [0.25, 0.3) is 11.1 Å².